The molecule has 0 aliphatic carbocycles. The number of likely N-dealkylation sites (tertiary alicyclic amines) is 1. The second-order valence-corrected chi connectivity index (χ2v) is 8.72. The van der Waals surface area contributed by atoms with Gasteiger partial charge in [-0.25, -0.2) is 17.5 Å². The zero-order valence-electron chi connectivity index (χ0n) is 16.0. The summed E-state index contributed by atoms with van der Waals surface area (Å²) in [7, 11) is -3.74. The van der Waals surface area contributed by atoms with Crippen LogP contribution in [0.1, 0.15) is 25.3 Å². The van der Waals surface area contributed by atoms with Crippen LogP contribution in [-0.2, 0) is 16.6 Å². The molecule has 0 amide bonds. The van der Waals surface area contributed by atoms with Gasteiger partial charge < -0.3 is 4.74 Å². The van der Waals surface area contributed by atoms with Crippen LogP contribution >= 0.6 is 0 Å². The predicted molar refractivity (Wildman–Crippen MR) is 105 cm³/mol. The summed E-state index contributed by atoms with van der Waals surface area (Å²) in [6.45, 7) is 5.11. The van der Waals surface area contributed by atoms with Crippen LogP contribution in [0.2, 0.25) is 0 Å². The van der Waals surface area contributed by atoms with Crippen LogP contribution in [0.5, 0.6) is 5.75 Å². The minimum atomic E-state index is -3.74. The van der Waals surface area contributed by atoms with Gasteiger partial charge in [-0.1, -0.05) is 6.07 Å². The molecule has 8 heteroatoms. The molecule has 6 nitrogen and oxygen atoms in total. The van der Waals surface area contributed by atoms with Crippen molar-refractivity contribution in [1.82, 2.24) is 14.6 Å². The highest BCUT2D eigenvalue weighted by Crippen LogP contribution is 2.22. The first-order valence-corrected chi connectivity index (χ1v) is 11.0. The number of hydrogen-bond acceptors (Lipinski definition) is 5. The number of halogens is 1. The molecule has 2 aromatic rings. The van der Waals surface area contributed by atoms with E-state index in [1.165, 1.54) is 17.7 Å². The number of rotatable bonds is 8. The normalized spacial score (nSPS) is 16.2. The van der Waals surface area contributed by atoms with Gasteiger partial charge in [0, 0.05) is 25.5 Å². The van der Waals surface area contributed by atoms with Gasteiger partial charge in [-0.15, -0.1) is 0 Å². The van der Waals surface area contributed by atoms with Gasteiger partial charge in [0.1, 0.15) is 0 Å². The molecule has 0 bridgehead atoms. The molecule has 1 saturated heterocycles. The lowest BCUT2D eigenvalue weighted by Crippen LogP contribution is -2.38. The summed E-state index contributed by atoms with van der Waals surface area (Å²) in [5, 5.41) is 0. The Labute approximate surface area is 165 Å². The van der Waals surface area contributed by atoms with E-state index in [0.717, 1.165) is 38.5 Å². The molecule has 1 aromatic heterocycles. The van der Waals surface area contributed by atoms with Crippen molar-refractivity contribution in [2.45, 2.75) is 31.2 Å². The average molecular weight is 408 g/mol. The maximum absolute atomic E-state index is 14.0. The Bertz CT molecular complexity index is 870. The Balaban J connectivity index is 1.49. The lowest BCUT2D eigenvalue weighted by Gasteiger charge is -2.31. The van der Waals surface area contributed by atoms with Crippen LogP contribution in [-0.4, -0.2) is 44.5 Å². The van der Waals surface area contributed by atoms with Crippen molar-refractivity contribution in [2.24, 2.45) is 5.92 Å². The molecule has 0 saturated carbocycles. The Morgan fingerprint density at radius 3 is 2.71 bits per heavy atom. The molecule has 152 valence electrons. The average Bonchev–Trinajstić information content (AvgIpc) is 2.70. The summed E-state index contributed by atoms with van der Waals surface area (Å²) in [6, 6.07) is 7.71. The molecule has 3 rings (SSSR count). The van der Waals surface area contributed by atoms with Gasteiger partial charge in [-0.2, -0.15) is 0 Å². The van der Waals surface area contributed by atoms with E-state index in [2.05, 4.69) is 20.7 Å². The zero-order valence-corrected chi connectivity index (χ0v) is 16.8. The summed E-state index contributed by atoms with van der Waals surface area (Å²) < 4.78 is 46.6. The molecule has 1 aliphatic rings. The number of ether oxygens (including phenoxy) is 1. The SMILES string of the molecule is CCOc1ccc(S(=O)(=O)NCC2CCN(Cc3cccnc3)CC2)cc1F. The van der Waals surface area contributed by atoms with Crippen molar-refractivity contribution in [3.05, 3.63) is 54.1 Å². The molecule has 0 spiro atoms. The van der Waals surface area contributed by atoms with E-state index in [0.29, 0.717) is 13.2 Å². The fourth-order valence-corrected chi connectivity index (χ4v) is 4.46. The molecule has 28 heavy (non-hydrogen) atoms. The Morgan fingerprint density at radius 1 is 1.29 bits per heavy atom. The molecular weight excluding hydrogens is 381 g/mol. The first-order chi connectivity index (χ1) is 13.5. The highest BCUT2D eigenvalue weighted by Gasteiger charge is 2.22. The summed E-state index contributed by atoms with van der Waals surface area (Å²) in [6.07, 6.45) is 5.47. The number of nitrogens with one attached hydrogen (secondary N) is 1. The molecular formula is C20H26FN3O3S. The molecule has 0 radical (unpaired) electrons. The summed E-state index contributed by atoms with van der Waals surface area (Å²) in [4.78, 5) is 6.40. The van der Waals surface area contributed by atoms with E-state index in [4.69, 9.17) is 4.74 Å². The second-order valence-electron chi connectivity index (χ2n) is 6.96. The molecule has 1 aliphatic heterocycles. The van der Waals surface area contributed by atoms with Gasteiger partial charge >= 0.3 is 0 Å². The van der Waals surface area contributed by atoms with E-state index in [9.17, 15) is 12.8 Å². The Morgan fingerprint density at radius 2 is 2.07 bits per heavy atom. The maximum Gasteiger partial charge on any atom is 0.240 e. The van der Waals surface area contributed by atoms with E-state index < -0.39 is 15.8 Å². The fraction of sp³-hybridized carbons (Fsp3) is 0.450. The van der Waals surface area contributed by atoms with Crippen molar-refractivity contribution in [3.8, 4) is 5.75 Å². The lowest BCUT2D eigenvalue weighted by molar-refractivity contribution is 0.178. The molecule has 0 unspecified atom stereocenters. The van der Waals surface area contributed by atoms with Crippen molar-refractivity contribution in [1.29, 1.82) is 0 Å². The number of pyridine rings is 1. The van der Waals surface area contributed by atoms with E-state index in [-0.39, 0.29) is 16.6 Å². The predicted octanol–water partition coefficient (Wildman–Crippen LogP) is 2.81. The standard InChI is InChI=1S/C20H26FN3O3S/c1-2-27-20-6-5-18(12-19(20)21)28(25,26)23-14-16-7-10-24(11-8-16)15-17-4-3-9-22-13-17/h3-6,9,12-13,16,23H,2,7-8,10-11,14-15H2,1H3. The Hall–Kier alpha value is -2.03. The van der Waals surface area contributed by atoms with Gasteiger partial charge in [0.15, 0.2) is 11.6 Å². The van der Waals surface area contributed by atoms with E-state index >= 15 is 0 Å². The maximum atomic E-state index is 14.0. The van der Waals surface area contributed by atoms with Gasteiger partial charge in [-0.3, -0.25) is 9.88 Å². The van der Waals surface area contributed by atoms with Crippen LogP contribution in [0.3, 0.4) is 0 Å². The van der Waals surface area contributed by atoms with Gasteiger partial charge in [0.25, 0.3) is 0 Å². The quantitative estimate of drug-likeness (QED) is 0.729. The van der Waals surface area contributed by atoms with Crippen molar-refractivity contribution < 1.29 is 17.5 Å². The first-order valence-electron chi connectivity index (χ1n) is 9.51. The monoisotopic (exact) mass is 407 g/mol. The third-order valence-corrected chi connectivity index (χ3v) is 6.33. The van der Waals surface area contributed by atoms with Crippen LogP contribution in [0.4, 0.5) is 4.39 Å². The van der Waals surface area contributed by atoms with Crippen LogP contribution < -0.4 is 9.46 Å². The van der Waals surface area contributed by atoms with Crippen molar-refractivity contribution >= 4 is 10.0 Å². The van der Waals surface area contributed by atoms with Gasteiger partial charge in [-0.05, 0) is 68.6 Å². The van der Waals surface area contributed by atoms with Crippen LogP contribution in [0, 0.1) is 11.7 Å². The smallest absolute Gasteiger partial charge is 0.240 e. The topological polar surface area (TPSA) is 71.5 Å². The molecule has 1 fully saturated rings. The lowest BCUT2D eigenvalue weighted by atomic mass is 9.97. The minimum absolute atomic E-state index is 0.0578. The summed E-state index contributed by atoms with van der Waals surface area (Å²) in [5.41, 5.74) is 1.18. The number of sulfonamides is 1. The van der Waals surface area contributed by atoms with Crippen molar-refractivity contribution in [3.63, 3.8) is 0 Å². The molecule has 2 heterocycles. The summed E-state index contributed by atoms with van der Waals surface area (Å²) >= 11 is 0. The highest BCUT2D eigenvalue weighted by molar-refractivity contribution is 7.89. The highest BCUT2D eigenvalue weighted by atomic mass is 32.2. The molecule has 1 aromatic carbocycles. The number of hydrogen-bond donors (Lipinski definition) is 1. The third-order valence-electron chi connectivity index (χ3n) is 4.91. The molecule has 0 atom stereocenters. The minimum Gasteiger partial charge on any atom is -0.491 e. The van der Waals surface area contributed by atoms with Crippen LogP contribution in [0.25, 0.3) is 0 Å². The van der Waals surface area contributed by atoms with Gasteiger partial charge in [0.2, 0.25) is 10.0 Å². The third kappa shape index (κ3) is 5.50. The first kappa shape index (κ1) is 20.7. The van der Waals surface area contributed by atoms with E-state index in [1.807, 2.05) is 12.3 Å². The fourth-order valence-electron chi connectivity index (χ4n) is 3.33. The Kier molecular flexibility index (Phi) is 6.98. The molecule has 1 N–H and O–H groups in total. The van der Waals surface area contributed by atoms with Gasteiger partial charge in [0.05, 0.1) is 11.5 Å². The van der Waals surface area contributed by atoms with Crippen molar-refractivity contribution in [2.75, 3.05) is 26.2 Å². The summed E-state index contributed by atoms with van der Waals surface area (Å²) in [5.74, 6) is -0.344. The largest absolute Gasteiger partial charge is 0.491 e. The second kappa shape index (κ2) is 9.45. The number of benzene rings is 1. The van der Waals surface area contributed by atoms with Crippen LogP contribution in [0.15, 0.2) is 47.6 Å². The van der Waals surface area contributed by atoms with E-state index in [1.54, 1.807) is 13.1 Å². The number of aromatic nitrogens is 1. The number of nitrogens with zero attached hydrogens (tertiary/aromatic N) is 2. The zero-order chi connectivity index (χ0) is 20.0. The number of piperidine rings is 1.